The number of likely N-dealkylation sites (tertiary alicyclic amines) is 1. The zero-order valence-electron chi connectivity index (χ0n) is 25.7. The molecule has 0 saturated carbocycles. The standard InChI is InChI=1S/C34H48N4O4/c1-4-5-6-7-17-38-24-31(28-10-16-36-23-30(28)34(38)39)25-21-32(40-2)29(33(22-25)41-3)13-20-37-18-11-27(12-19-37)42-26-8-14-35-15-9-26/h10,16,21-24,26-27,35H,4-9,11-15,17-20H2,1-3H3. The van der Waals surface area contributed by atoms with E-state index in [0.29, 0.717) is 24.1 Å². The highest BCUT2D eigenvalue weighted by Gasteiger charge is 2.25. The van der Waals surface area contributed by atoms with Gasteiger partial charge in [-0.1, -0.05) is 26.2 Å². The molecule has 42 heavy (non-hydrogen) atoms. The summed E-state index contributed by atoms with van der Waals surface area (Å²) in [6.07, 6.45) is 16.0. The van der Waals surface area contributed by atoms with Gasteiger partial charge in [0.15, 0.2) is 0 Å². The van der Waals surface area contributed by atoms with Crippen LogP contribution in [0.1, 0.15) is 63.9 Å². The lowest BCUT2D eigenvalue weighted by Gasteiger charge is -2.35. The van der Waals surface area contributed by atoms with Crippen molar-refractivity contribution in [2.75, 3.05) is 46.9 Å². The number of methoxy groups -OCH3 is 2. The van der Waals surface area contributed by atoms with E-state index in [1.165, 1.54) is 12.8 Å². The van der Waals surface area contributed by atoms with Crippen molar-refractivity contribution in [3.05, 3.63) is 52.7 Å². The molecule has 3 aromatic rings. The average Bonchev–Trinajstić information content (AvgIpc) is 3.04. The van der Waals surface area contributed by atoms with Gasteiger partial charge in [-0.3, -0.25) is 9.78 Å². The van der Waals surface area contributed by atoms with Crippen LogP contribution in [0.3, 0.4) is 0 Å². The maximum Gasteiger partial charge on any atom is 0.260 e. The van der Waals surface area contributed by atoms with Crippen molar-refractivity contribution in [3.63, 3.8) is 0 Å². The molecule has 1 aromatic carbocycles. The molecule has 0 amide bonds. The summed E-state index contributed by atoms with van der Waals surface area (Å²) in [7, 11) is 3.45. The normalized spacial score (nSPS) is 17.1. The highest BCUT2D eigenvalue weighted by Crippen LogP contribution is 2.37. The first kappa shape index (κ1) is 30.5. The minimum absolute atomic E-state index is 0.0128. The van der Waals surface area contributed by atoms with Gasteiger partial charge in [0, 0.05) is 55.9 Å². The summed E-state index contributed by atoms with van der Waals surface area (Å²) in [5.41, 5.74) is 3.05. The Bertz CT molecular complexity index is 1330. The van der Waals surface area contributed by atoms with Crippen LogP contribution < -0.4 is 20.3 Å². The molecule has 2 aliphatic heterocycles. The summed E-state index contributed by atoms with van der Waals surface area (Å²) >= 11 is 0. The number of ether oxygens (including phenoxy) is 3. The number of aromatic nitrogens is 2. The van der Waals surface area contributed by atoms with E-state index in [1.807, 2.05) is 16.8 Å². The molecule has 1 N–H and O–H groups in total. The van der Waals surface area contributed by atoms with Crippen molar-refractivity contribution in [2.24, 2.45) is 0 Å². The van der Waals surface area contributed by atoms with Crippen LogP contribution in [-0.2, 0) is 17.7 Å². The third-order valence-corrected chi connectivity index (χ3v) is 8.94. The lowest BCUT2D eigenvalue weighted by atomic mass is 9.97. The lowest BCUT2D eigenvalue weighted by molar-refractivity contribution is -0.0529. The third-order valence-electron chi connectivity index (χ3n) is 8.94. The van der Waals surface area contributed by atoms with Crippen LogP contribution in [0.5, 0.6) is 11.5 Å². The first-order valence-electron chi connectivity index (χ1n) is 15.9. The van der Waals surface area contributed by atoms with Crippen molar-refractivity contribution in [1.29, 1.82) is 0 Å². The molecule has 2 aliphatic rings. The Hall–Kier alpha value is -2.94. The molecule has 0 unspecified atom stereocenters. The Balaban J connectivity index is 1.32. The fourth-order valence-corrected chi connectivity index (χ4v) is 6.47. The molecule has 228 valence electrons. The topological polar surface area (TPSA) is 77.8 Å². The van der Waals surface area contributed by atoms with Crippen LogP contribution >= 0.6 is 0 Å². The predicted molar refractivity (Wildman–Crippen MR) is 169 cm³/mol. The van der Waals surface area contributed by atoms with Gasteiger partial charge in [0.05, 0.1) is 31.8 Å². The van der Waals surface area contributed by atoms with Gasteiger partial charge >= 0.3 is 0 Å². The van der Waals surface area contributed by atoms with E-state index < -0.39 is 0 Å². The number of benzene rings is 1. The third kappa shape index (κ3) is 7.33. The number of nitrogens with one attached hydrogen (secondary N) is 1. The fourth-order valence-electron chi connectivity index (χ4n) is 6.47. The van der Waals surface area contributed by atoms with Gasteiger partial charge < -0.3 is 29.0 Å². The summed E-state index contributed by atoms with van der Waals surface area (Å²) in [5, 5.41) is 4.95. The van der Waals surface area contributed by atoms with Gasteiger partial charge in [0.1, 0.15) is 11.5 Å². The van der Waals surface area contributed by atoms with Crippen molar-refractivity contribution < 1.29 is 14.2 Å². The summed E-state index contributed by atoms with van der Waals surface area (Å²) < 4.78 is 20.2. The monoisotopic (exact) mass is 576 g/mol. The second-order valence-corrected chi connectivity index (χ2v) is 11.8. The zero-order chi connectivity index (χ0) is 29.3. The summed E-state index contributed by atoms with van der Waals surface area (Å²) in [6.45, 7) is 8.09. The first-order valence-corrected chi connectivity index (χ1v) is 15.9. The van der Waals surface area contributed by atoms with Crippen LogP contribution in [0.15, 0.2) is 41.6 Å². The summed E-state index contributed by atoms with van der Waals surface area (Å²) in [4.78, 5) is 20.1. The molecule has 0 aliphatic carbocycles. The number of fused-ring (bicyclic) bond motifs is 1. The van der Waals surface area contributed by atoms with Crippen molar-refractivity contribution in [3.8, 4) is 22.6 Å². The van der Waals surface area contributed by atoms with Gasteiger partial charge in [-0.25, -0.2) is 0 Å². The number of hydrogen-bond donors (Lipinski definition) is 1. The van der Waals surface area contributed by atoms with Crippen LogP contribution in [0.25, 0.3) is 21.9 Å². The van der Waals surface area contributed by atoms with E-state index in [1.54, 1.807) is 26.6 Å². The minimum atomic E-state index is 0.0128. The highest BCUT2D eigenvalue weighted by molar-refractivity contribution is 5.95. The SMILES string of the molecule is CCCCCCn1cc(-c2cc(OC)c(CCN3CCC(OC4CCNCC4)CC3)c(OC)c2)c2ccncc2c1=O. The second-order valence-electron chi connectivity index (χ2n) is 11.8. The molecule has 8 nitrogen and oxygen atoms in total. The zero-order valence-corrected chi connectivity index (χ0v) is 25.7. The van der Waals surface area contributed by atoms with E-state index in [4.69, 9.17) is 14.2 Å². The van der Waals surface area contributed by atoms with Crippen molar-refractivity contribution in [2.45, 2.75) is 83.5 Å². The summed E-state index contributed by atoms with van der Waals surface area (Å²) in [6, 6.07) is 6.12. The molecule has 5 rings (SSSR count). The maximum absolute atomic E-state index is 13.3. The lowest BCUT2D eigenvalue weighted by Crippen LogP contribution is -2.41. The Morgan fingerprint density at radius 2 is 1.64 bits per heavy atom. The van der Waals surface area contributed by atoms with Crippen LogP contribution in [-0.4, -0.2) is 73.6 Å². The van der Waals surface area contributed by atoms with Crippen molar-refractivity contribution in [1.82, 2.24) is 19.8 Å². The van der Waals surface area contributed by atoms with Crippen molar-refractivity contribution >= 4 is 10.8 Å². The van der Waals surface area contributed by atoms with E-state index in [9.17, 15) is 4.79 Å². The maximum atomic E-state index is 13.3. The molecule has 2 aromatic heterocycles. The number of hydrogen-bond acceptors (Lipinski definition) is 7. The van der Waals surface area contributed by atoms with E-state index in [-0.39, 0.29) is 5.56 Å². The van der Waals surface area contributed by atoms with E-state index in [2.05, 4.69) is 34.3 Å². The average molecular weight is 577 g/mol. The molecule has 0 spiro atoms. The van der Waals surface area contributed by atoms with Gasteiger partial charge in [0.2, 0.25) is 0 Å². The Kier molecular flexibility index (Phi) is 10.9. The van der Waals surface area contributed by atoms with Crippen LogP contribution in [0.4, 0.5) is 0 Å². The minimum Gasteiger partial charge on any atom is -0.496 e. The number of pyridine rings is 2. The van der Waals surface area contributed by atoms with E-state index >= 15 is 0 Å². The van der Waals surface area contributed by atoms with Gasteiger partial charge in [0.25, 0.3) is 5.56 Å². The van der Waals surface area contributed by atoms with Gasteiger partial charge in [-0.2, -0.15) is 0 Å². The molecule has 8 heteroatoms. The summed E-state index contributed by atoms with van der Waals surface area (Å²) in [5.74, 6) is 1.63. The van der Waals surface area contributed by atoms with Crippen LogP contribution in [0.2, 0.25) is 0 Å². The predicted octanol–water partition coefficient (Wildman–Crippen LogP) is 5.44. The Morgan fingerprint density at radius 1 is 0.929 bits per heavy atom. The molecule has 0 radical (unpaired) electrons. The molecule has 4 heterocycles. The Morgan fingerprint density at radius 3 is 2.33 bits per heavy atom. The number of rotatable bonds is 13. The fraction of sp³-hybridized carbons (Fsp3) is 0.588. The Labute approximate surface area is 250 Å². The first-order chi connectivity index (χ1) is 20.6. The van der Waals surface area contributed by atoms with E-state index in [0.717, 1.165) is 111 Å². The van der Waals surface area contributed by atoms with Gasteiger partial charge in [-0.15, -0.1) is 0 Å². The molecular formula is C34H48N4O4. The van der Waals surface area contributed by atoms with Crippen LogP contribution in [0, 0.1) is 0 Å². The molecular weight excluding hydrogens is 528 g/mol. The highest BCUT2D eigenvalue weighted by atomic mass is 16.5. The number of unbranched alkanes of at least 4 members (excludes halogenated alkanes) is 3. The molecule has 0 bridgehead atoms. The second kappa shape index (κ2) is 15.0. The van der Waals surface area contributed by atoms with Gasteiger partial charge in [-0.05, 0) is 80.8 Å². The number of nitrogens with zero attached hydrogens (tertiary/aromatic N) is 3. The largest absolute Gasteiger partial charge is 0.496 e. The number of aryl methyl sites for hydroxylation is 1. The molecule has 2 saturated heterocycles. The molecule has 2 fully saturated rings. The quantitative estimate of drug-likeness (QED) is 0.272. The molecule has 0 atom stereocenters. The number of piperidine rings is 2. The smallest absolute Gasteiger partial charge is 0.260 e.